The normalized spacial score (nSPS) is 32.3. The zero-order valence-corrected chi connectivity index (χ0v) is 17.0. The molecule has 0 amide bonds. The van der Waals surface area contributed by atoms with Gasteiger partial charge in [0, 0.05) is 12.1 Å². The largest absolute Gasteiger partial charge is 0.459 e. The minimum atomic E-state index is -0.182. The van der Waals surface area contributed by atoms with Gasteiger partial charge in [0.2, 0.25) is 0 Å². The number of nitrogens with zero attached hydrogens (tertiary/aromatic N) is 1. The molecule has 0 atom stereocenters. The molecule has 0 N–H and O–H groups in total. The standard InChI is InChI=1S/C23H38FNO2/c1-18(17-25-15-2-3-16-25)23(26)27-22-12-10-21(11-13-22)20-8-6-19(7-9-20)5-4-14-24/h19-22H,1-17H2. The van der Waals surface area contributed by atoms with Crippen LogP contribution in [-0.4, -0.2) is 43.3 Å². The Morgan fingerprint density at radius 3 is 2.15 bits per heavy atom. The second-order valence-electron chi connectivity index (χ2n) is 9.14. The van der Waals surface area contributed by atoms with Crippen LogP contribution >= 0.6 is 0 Å². The second-order valence-corrected chi connectivity index (χ2v) is 9.14. The third-order valence-corrected chi connectivity index (χ3v) is 7.20. The average molecular weight is 380 g/mol. The van der Waals surface area contributed by atoms with Crippen molar-refractivity contribution < 1.29 is 13.9 Å². The molecule has 0 aromatic heterocycles. The number of carbonyl (C=O) groups is 1. The van der Waals surface area contributed by atoms with Gasteiger partial charge in [0.05, 0.1) is 6.67 Å². The lowest BCUT2D eigenvalue weighted by Crippen LogP contribution is -2.31. The zero-order chi connectivity index (χ0) is 19.1. The van der Waals surface area contributed by atoms with E-state index in [-0.39, 0.29) is 18.7 Å². The predicted molar refractivity (Wildman–Crippen MR) is 107 cm³/mol. The topological polar surface area (TPSA) is 29.5 Å². The number of halogens is 1. The van der Waals surface area contributed by atoms with Crippen LogP contribution in [0.2, 0.25) is 0 Å². The number of hydrogen-bond acceptors (Lipinski definition) is 3. The van der Waals surface area contributed by atoms with Crippen molar-refractivity contribution in [2.75, 3.05) is 26.3 Å². The van der Waals surface area contributed by atoms with E-state index < -0.39 is 0 Å². The van der Waals surface area contributed by atoms with Crippen molar-refractivity contribution in [3.8, 4) is 0 Å². The molecule has 3 fully saturated rings. The summed E-state index contributed by atoms with van der Waals surface area (Å²) in [7, 11) is 0. The van der Waals surface area contributed by atoms with Crippen LogP contribution in [0.4, 0.5) is 4.39 Å². The molecule has 1 saturated heterocycles. The first kappa shape index (κ1) is 20.8. The van der Waals surface area contributed by atoms with Gasteiger partial charge in [-0.15, -0.1) is 0 Å². The maximum atomic E-state index is 12.4. The summed E-state index contributed by atoms with van der Waals surface area (Å²) in [5.74, 6) is 2.22. The third kappa shape index (κ3) is 6.30. The van der Waals surface area contributed by atoms with E-state index in [2.05, 4.69) is 11.5 Å². The highest BCUT2D eigenvalue weighted by Crippen LogP contribution is 2.41. The lowest BCUT2D eigenvalue weighted by molar-refractivity contribution is -0.146. The van der Waals surface area contributed by atoms with Crippen molar-refractivity contribution >= 4 is 5.97 Å². The molecule has 1 aliphatic heterocycles. The lowest BCUT2D eigenvalue weighted by atomic mass is 9.70. The highest BCUT2D eigenvalue weighted by atomic mass is 19.1. The molecular formula is C23H38FNO2. The van der Waals surface area contributed by atoms with Crippen LogP contribution in [0.15, 0.2) is 12.2 Å². The molecule has 3 rings (SSSR count). The van der Waals surface area contributed by atoms with E-state index in [4.69, 9.17) is 4.74 Å². The van der Waals surface area contributed by atoms with Crippen LogP contribution in [0.5, 0.6) is 0 Å². The molecule has 3 nitrogen and oxygen atoms in total. The Labute approximate surface area is 164 Å². The van der Waals surface area contributed by atoms with E-state index in [1.54, 1.807) is 0 Å². The van der Waals surface area contributed by atoms with Crippen LogP contribution in [0, 0.1) is 17.8 Å². The Morgan fingerprint density at radius 1 is 0.963 bits per heavy atom. The number of likely N-dealkylation sites (tertiary alicyclic amines) is 1. The summed E-state index contributed by atoms with van der Waals surface area (Å²) < 4.78 is 18.1. The van der Waals surface area contributed by atoms with Gasteiger partial charge in [-0.05, 0) is 95.1 Å². The van der Waals surface area contributed by atoms with Gasteiger partial charge >= 0.3 is 5.97 Å². The average Bonchev–Trinajstić information content (AvgIpc) is 3.20. The number of esters is 1. The van der Waals surface area contributed by atoms with Gasteiger partial charge < -0.3 is 4.74 Å². The van der Waals surface area contributed by atoms with Gasteiger partial charge in [-0.3, -0.25) is 9.29 Å². The fourth-order valence-electron chi connectivity index (χ4n) is 5.50. The van der Waals surface area contributed by atoms with Crippen LogP contribution in [0.3, 0.4) is 0 Å². The third-order valence-electron chi connectivity index (χ3n) is 7.20. The van der Waals surface area contributed by atoms with Crippen LogP contribution in [-0.2, 0) is 9.53 Å². The van der Waals surface area contributed by atoms with Crippen molar-refractivity contribution in [2.45, 2.75) is 83.2 Å². The molecule has 3 aliphatic rings. The number of hydrogen-bond donors (Lipinski definition) is 0. The highest BCUT2D eigenvalue weighted by Gasteiger charge is 2.32. The molecule has 1 heterocycles. The molecule has 0 bridgehead atoms. The van der Waals surface area contributed by atoms with E-state index in [1.165, 1.54) is 51.4 Å². The summed E-state index contributed by atoms with van der Waals surface area (Å²) in [5.41, 5.74) is 0.616. The minimum absolute atomic E-state index is 0.0879. The van der Waals surface area contributed by atoms with Gasteiger partial charge in [0.1, 0.15) is 6.10 Å². The van der Waals surface area contributed by atoms with Crippen molar-refractivity contribution in [1.29, 1.82) is 0 Å². The van der Waals surface area contributed by atoms with E-state index in [0.29, 0.717) is 12.1 Å². The molecule has 2 aliphatic carbocycles. The SMILES string of the molecule is C=C(CN1CCCC1)C(=O)OC1CCC(C2CCC(CCCF)CC2)CC1. The summed E-state index contributed by atoms with van der Waals surface area (Å²) >= 11 is 0. The van der Waals surface area contributed by atoms with Crippen LogP contribution in [0.25, 0.3) is 0 Å². The smallest absolute Gasteiger partial charge is 0.334 e. The number of ether oxygens (including phenoxy) is 1. The Kier molecular flexibility index (Phi) is 8.17. The molecule has 0 spiro atoms. The second kappa shape index (κ2) is 10.6. The molecule has 0 unspecified atom stereocenters. The van der Waals surface area contributed by atoms with Crippen molar-refractivity contribution in [3.05, 3.63) is 12.2 Å². The van der Waals surface area contributed by atoms with Gasteiger partial charge in [-0.25, -0.2) is 4.79 Å². The number of rotatable bonds is 8. The van der Waals surface area contributed by atoms with Gasteiger partial charge in [0.25, 0.3) is 0 Å². The molecule has 154 valence electrons. The first-order chi connectivity index (χ1) is 13.2. The number of carbonyl (C=O) groups excluding carboxylic acids is 1. The first-order valence-corrected chi connectivity index (χ1v) is 11.3. The van der Waals surface area contributed by atoms with E-state index >= 15 is 0 Å². The van der Waals surface area contributed by atoms with Gasteiger partial charge in [0.15, 0.2) is 0 Å². The molecule has 0 aromatic carbocycles. The van der Waals surface area contributed by atoms with Crippen molar-refractivity contribution in [1.82, 2.24) is 4.90 Å². The van der Waals surface area contributed by atoms with Crippen LogP contribution < -0.4 is 0 Å². The van der Waals surface area contributed by atoms with E-state index in [1.807, 2.05) is 0 Å². The zero-order valence-electron chi connectivity index (χ0n) is 17.0. The van der Waals surface area contributed by atoms with Crippen molar-refractivity contribution in [3.63, 3.8) is 0 Å². The summed E-state index contributed by atoms with van der Waals surface area (Å²) in [4.78, 5) is 14.6. The maximum Gasteiger partial charge on any atom is 0.334 e. The van der Waals surface area contributed by atoms with Crippen LogP contribution in [0.1, 0.15) is 77.0 Å². The number of alkyl halides is 1. The summed E-state index contributed by atoms with van der Waals surface area (Å²) in [6.45, 7) is 6.62. The molecule has 4 heteroatoms. The molecular weight excluding hydrogens is 341 g/mol. The highest BCUT2D eigenvalue weighted by molar-refractivity contribution is 5.88. The van der Waals surface area contributed by atoms with E-state index in [9.17, 15) is 9.18 Å². The van der Waals surface area contributed by atoms with Crippen molar-refractivity contribution in [2.24, 2.45) is 17.8 Å². The lowest BCUT2D eigenvalue weighted by Gasteiger charge is -2.37. The monoisotopic (exact) mass is 379 g/mol. The quantitative estimate of drug-likeness (QED) is 0.423. The maximum absolute atomic E-state index is 12.4. The fourth-order valence-corrected chi connectivity index (χ4v) is 5.50. The fraction of sp³-hybridized carbons (Fsp3) is 0.870. The Hall–Kier alpha value is -0.900. The molecule has 2 saturated carbocycles. The Balaban J connectivity index is 1.33. The first-order valence-electron chi connectivity index (χ1n) is 11.3. The Morgan fingerprint density at radius 2 is 1.56 bits per heavy atom. The molecule has 0 aromatic rings. The van der Waals surface area contributed by atoms with E-state index in [0.717, 1.165) is 56.5 Å². The molecule has 27 heavy (non-hydrogen) atoms. The Bertz CT molecular complexity index is 473. The summed E-state index contributed by atoms with van der Waals surface area (Å²) in [6.07, 6.45) is 14.0. The predicted octanol–water partition coefficient (Wildman–Crippen LogP) is 5.30. The minimum Gasteiger partial charge on any atom is -0.459 e. The summed E-state index contributed by atoms with van der Waals surface area (Å²) in [5, 5.41) is 0. The van der Waals surface area contributed by atoms with Gasteiger partial charge in [-0.2, -0.15) is 0 Å². The summed E-state index contributed by atoms with van der Waals surface area (Å²) in [6, 6.07) is 0. The molecule has 0 radical (unpaired) electrons. The van der Waals surface area contributed by atoms with Gasteiger partial charge in [-0.1, -0.05) is 19.4 Å².